The second-order valence-corrected chi connectivity index (χ2v) is 18.4. The van der Waals surface area contributed by atoms with E-state index in [2.05, 4.69) is 48.5 Å². The average molecular weight is 725 g/mol. The zero-order valence-corrected chi connectivity index (χ0v) is 32.8. The van der Waals surface area contributed by atoms with Gasteiger partial charge in [-0.1, -0.05) is 41.5 Å². The minimum atomic E-state index is -1.55. The monoisotopic (exact) mass is 724 g/mol. The molecule has 0 saturated carbocycles. The second-order valence-electron chi connectivity index (χ2n) is 18.4. The number of rotatable bonds is 9. The van der Waals surface area contributed by atoms with Crippen molar-refractivity contribution < 1.29 is 53.3 Å². The molecule has 11 heteroatoms. The topological polar surface area (TPSA) is 142 Å². The van der Waals surface area contributed by atoms with Crippen LogP contribution in [0.2, 0.25) is 0 Å². The molecule has 0 aromatic heterocycles. The lowest BCUT2D eigenvalue weighted by molar-refractivity contribution is -0.353. The number of hydrogen-bond donors (Lipinski definition) is 3. The summed E-state index contributed by atoms with van der Waals surface area (Å²) in [6, 6.07) is 0. The number of methoxy groups -OCH3 is 1. The van der Waals surface area contributed by atoms with Crippen molar-refractivity contribution >= 4 is 5.97 Å². The maximum Gasteiger partial charge on any atom is 0.308 e. The van der Waals surface area contributed by atoms with Crippen molar-refractivity contribution in [1.82, 2.24) is 0 Å². The molecule has 11 nitrogen and oxygen atoms in total. The summed E-state index contributed by atoms with van der Waals surface area (Å²) >= 11 is 0. The molecule has 0 bridgehead atoms. The molecule has 0 radical (unpaired) electrons. The smallest absolute Gasteiger partial charge is 0.308 e. The molecule has 0 aliphatic carbocycles. The Bertz CT molecular complexity index is 1230. The lowest BCUT2D eigenvalue weighted by atomic mass is 9.78. The standard InChI is InChI=1S/C40H68O11/c1-21-11-12-28(46-33(21)26(6)36(42)43)17-29-18-30(45-10)27(7)40(48-29)25(5)19-38(9,51-40)32-13-14-37(8,49-32)35-23(3)16-31(47-35)34-22(2)15-24(4)39(44,20-41)50-34/h21-35,41,44H,11-20H2,1-10H3,(H,42,43)/t21-,22-,23-,24+,25+,26+,27+,28+,29+,30+,31+,32+,33+,34-,35+,37-,38-,39-,40?/m0/s1. The predicted molar refractivity (Wildman–Crippen MR) is 189 cm³/mol. The zero-order chi connectivity index (χ0) is 37.3. The number of carboxylic acid groups (broad SMARTS) is 1. The van der Waals surface area contributed by atoms with Gasteiger partial charge < -0.3 is 48.5 Å². The Morgan fingerprint density at radius 1 is 0.863 bits per heavy atom. The third-order valence-corrected chi connectivity index (χ3v) is 14.4. The Morgan fingerprint density at radius 2 is 1.59 bits per heavy atom. The highest BCUT2D eigenvalue weighted by molar-refractivity contribution is 5.70. The van der Waals surface area contributed by atoms with Gasteiger partial charge in [-0.3, -0.25) is 4.79 Å². The van der Waals surface area contributed by atoms with Crippen LogP contribution in [-0.4, -0.2) is 107 Å². The van der Waals surface area contributed by atoms with Gasteiger partial charge in [0.1, 0.15) is 0 Å². The first-order chi connectivity index (χ1) is 23.9. The summed E-state index contributed by atoms with van der Waals surface area (Å²) in [5.41, 5.74) is -1.10. The quantitative estimate of drug-likeness (QED) is 0.269. The van der Waals surface area contributed by atoms with Gasteiger partial charge in [-0.15, -0.1) is 0 Å². The van der Waals surface area contributed by atoms with E-state index in [4.69, 9.17) is 33.2 Å². The zero-order valence-electron chi connectivity index (χ0n) is 32.8. The highest BCUT2D eigenvalue weighted by atomic mass is 16.7. The highest BCUT2D eigenvalue weighted by Crippen LogP contribution is 2.57. The molecule has 6 heterocycles. The molecule has 0 amide bonds. The number of aliphatic hydroxyl groups is 2. The van der Waals surface area contributed by atoms with Gasteiger partial charge >= 0.3 is 5.97 Å². The molecule has 6 fully saturated rings. The SMILES string of the molecule is CO[C@@H]1C[C@@H](C[C@H]2CC[C@H](C)[C@H]([C@@H](C)C(=O)O)O2)OC2(O[C@](C)([C@H]3CC[C@@](C)([C@@H]4O[C@@H]([C@H]5O[C@@](O)(CO)[C@H](C)C[C@@H]5C)C[C@@H]4C)O3)C[C@H]2C)[C@@H]1C. The van der Waals surface area contributed by atoms with Crippen LogP contribution in [0.3, 0.4) is 0 Å². The summed E-state index contributed by atoms with van der Waals surface area (Å²) < 4.78 is 47.0. The van der Waals surface area contributed by atoms with Crippen molar-refractivity contribution in [3.05, 3.63) is 0 Å². The summed E-state index contributed by atoms with van der Waals surface area (Å²) in [7, 11) is 1.77. The Morgan fingerprint density at radius 3 is 2.25 bits per heavy atom. The Kier molecular flexibility index (Phi) is 11.4. The maximum atomic E-state index is 11.8. The summed E-state index contributed by atoms with van der Waals surface area (Å²) in [4.78, 5) is 11.8. The van der Waals surface area contributed by atoms with Crippen LogP contribution >= 0.6 is 0 Å². The van der Waals surface area contributed by atoms with E-state index >= 15 is 0 Å². The number of aliphatic hydroxyl groups excluding tert-OH is 1. The van der Waals surface area contributed by atoms with Gasteiger partial charge in [-0.25, -0.2) is 0 Å². The Labute approximate surface area is 305 Å². The van der Waals surface area contributed by atoms with Crippen LogP contribution in [0.4, 0.5) is 0 Å². The van der Waals surface area contributed by atoms with Crippen LogP contribution in [0, 0.1) is 41.4 Å². The third-order valence-electron chi connectivity index (χ3n) is 14.4. The number of hydrogen-bond acceptors (Lipinski definition) is 10. The summed E-state index contributed by atoms with van der Waals surface area (Å²) in [6.45, 7) is 18.4. The number of carboxylic acids is 1. The van der Waals surface area contributed by atoms with E-state index in [1.807, 2.05) is 6.92 Å². The molecule has 0 aromatic carbocycles. The third kappa shape index (κ3) is 7.19. The van der Waals surface area contributed by atoms with Gasteiger partial charge in [-0.2, -0.15) is 0 Å². The van der Waals surface area contributed by atoms with Crippen molar-refractivity contribution in [2.24, 2.45) is 41.4 Å². The first kappa shape index (κ1) is 39.8. The van der Waals surface area contributed by atoms with Gasteiger partial charge in [0.2, 0.25) is 0 Å². The molecule has 6 aliphatic rings. The van der Waals surface area contributed by atoms with Crippen LogP contribution in [0.1, 0.15) is 120 Å². The van der Waals surface area contributed by atoms with Gasteiger partial charge in [0.15, 0.2) is 11.6 Å². The van der Waals surface area contributed by atoms with Gasteiger partial charge in [0, 0.05) is 37.7 Å². The molecular formula is C40H68O11. The molecule has 294 valence electrons. The molecule has 1 spiro atoms. The minimum absolute atomic E-state index is 0.00727. The molecule has 6 saturated heterocycles. The number of carbonyl (C=O) groups is 1. The van der Waals surface area contributed by atoms with Gasteiger partial charge in [0.05, 0.1) is 72.6 Å². The lowest BCUT2D eigenvalue weighted by Crippen LogP contribution is -2.58. The Hall–Kier alpha value is -0.890. The van der Waals surface area contributed by atoms with Crippen LogP contribution < -0.4 is 0 Å². The van der Waals surface area contributed by atoms with Gasteiger partial charge in [0.25, 0.3) is 0 Å². The first-order valence-electron chi connectivity index (χ1n) is 20.0. The Balaban J connectivity index is 1.13. The first-order valence-corrected chi connectivity index (χ1v) is 20.0. The summed E-state index contributed by atoms with van der Waals surface area (Å²) in [5, 5.41) is 30.7. The maximum absolute atomic E-state index is 11.8. The van der Waals surface area contributed by atoms with E-state index in [-0.39, 0.29) is 84.3 Å². The summed E-state index contributed by atoms with van der Waals surface area (Å²) in [5.74, 6) is -3.26. The van der Waals surface area contributed by atoms with Crippen molar-refractivity contribution in [3.8, 4) is 0 Å². The van der Waals surface area contributed by atoms with Crippen molar-refractivity contribution in [3.63, 3.8) is 0 Å². The molecule has 19 atom stereocenters. The summed E-state index contributed by atoms with van der Waals surface area (Å²) in [6.07, 6.45) is 5.85. The second kappa shape index (κ2) is 14.6. The molecule has 6 rings (SSSR count). The van der Waals surface area contributed by atoms with Crippen molar-refractivity contribution in [2.45, 2.75) is 192 Å². The fraction of sp³-hybridized carbons (Fsp3) is 0.975. The fourth-order valence-corrected chi connectivity index (χ4v) is 11.3. The molecule has 51 heavy (non-hydrogen) atoms. The van der Waals surface area contributed by atoms with Gasteiger partial charge in [-0.05, 0) is 83.5 Å². The lowest BCUT2D eigenvalue weighted by Gasteiger charge is -2.50. The fourth-order valence-electron chi connectivity index (χ4n) is 11.3. The molecule has 6 aliphatic heterocycles. The number of aliphatic carboxylic acids is 1. The predicted octanol–water partition coefficient (Wildman–Crippen LogP) is 5.71. The number of ether oxygens (including phenoxy) is 7. The highest BCUT2D eigenvalue weighted by Gasteiger charge is 2.65. The van der Waals surface area contributed by atoms with E-state index in [1.165, 1.54) is 0 Å². The molecule has 0 aromatic rings. The van der Waals surface area contributed by atoms with Crippen LogP contribution in [-0.2, 0) is 38.0 Å². The molecular weight excluding hydrogens is 656 g/mol. The largest absolute Gasteiger partial charge is 0.481 e. The van der Waals surface area contributed by atoms with Crippen LogP contribution in [0.25, 0.3) is 0 Å². The minimum Gasteiger partial charge on any atom is -0.481 e. The van der Waals surface area contributed by atoms with E-state index in [9.17, 15) is 20.1 Å². The normalized spacial score (nSPS) is 54.2. The van der Waals surface area contributed by atoms with E-state index in [0.29, 0.717) is 6.42 Å². The molecule has 1 unspecified atom stereocenters. The van der Waals surface area contributed by atoms with Crippen molar-refractivity contribution in [1.29, 1.82) is 0 Å². The van der Waals surface area contributed by atoms with E-state index < -0.39 is 41.3 Å². The van der Waals surface area contributed by atoms with E-state index in [0.717, 1.165) is 51.4 Å². The van der Waals surface area contributed by atoms with E-state index in [1.54, 1.807) is 14.0 Å². The van der Waals surface area contributed by atoms with Crippen LogP contribution in [0.5, 0.6) is 0 Å². The van der Waals surface area contributed by atoms with Crippen molar-refractivity contribution in [2.75, 3.05) is 13.7 Å². The van der Waals surface area contributed by atoms with Crippen LogP contribution in [0.15, 0.2) is 0 Å². The average Bonchev–Trinajstić information content (AvgIpc) is 3.75. The molecule has 3 N–H and O–H groups in total.